The molecule has 1 aliphatic rings. The third-order valence-corrected chi connectivity index (χ3v) is 3.74. The van der Waals surface area contributed by atoms with Crippen molar-refractivity contribution in [3.63, 3.8) is 0 Å². The van der Waals surface area contributed by atoms with E-state index in [9.17, 15) is 9.65 Å². The van der Waals surface area contributed by atoms with Crippen LogP contribution in [0.5, 0.6) is 0 Å². The molecule has 1 saturated heterocycles. The summed E-state index contributed by atoms with van der Waals surface area (Å²) in [6, 6.07) is 7.07. The van der Waals surface area contributed by atoms with Gasteiger partial charge in [-0.1, -0.05) is 0 Å². The van der Waals surface area contributed by atoms with Gasteiger partial charge in [0.2, 0.25) is 0 Å². The topological polar surface area (TPSA) is 39.1 Å². The highest BCUT2D eigenvalue weighted by Crippen LogP contribution is 2.29. The second-order valence-corrected chi connectivity index (χ2v) is 5.01. The summed E-state index contributed by atoms with van der Waals surface area (Å²) in [5.41, 5.74) is 1.32. The SMILES string of the molecule is CNCCC1CCCCN1c1ccc(F)cc1C#N. The minimum Gasteiger partial charge on any atom is -0.367 e. The van der Waals surface area contributed by atoms with E-state index in [1.165, 1.54) is 18.6 Å². The minimum absolute atomic E-state index is 0.343. The maximum atomic E-state index is 13.2. The molecule has 1 unspecified atom stereocenters. The van der Waals surface area contributed by atoms with Crippen LogP contribution in [0.2, 0.25) is 0 Å². The van der Waals surface area contributed by atoms with Crippen molar-refractivity contribution in [3.8, 4) is 6.07 Å². The number of piperidine rings is 1. The third kappa shape index (κ3) is 3.24. The van der Waals surface area contributed by atoms with Gasteiger partial charge in [0.25, 0.3) is 0 Å². The largest absolute Gasteiger partial charge is 0.367 e. The lowest BCUT2D eigenvalue weighted by Gasteiger charge is -2.38. The van der Waals surface area contributed by atoms with E-state index in [0.29, 0.717) is 11.6 Å². The molecule has 0 spiro atoms. The Kier molecular flexibility index (Phi) is 4.75. The molecular formula is C15H20FN3. The summed E-state index contributed by atoms with van der Waals surface area (Å²) in [4.78, 5) is 2.28. The van der Waals surface area contributed by atoms with Crippen LogP contribution in [-0.2, 0) is 0 Å². The van der Waals surface area contributed by atoms with Crippen molar-refractivity contribution in [2.75, 3.05) is 25.0 Å². The van der Waals surface area contributed by atoms with E-state index >= 15 is 0 Å². The molecule has 1 heterocycles. The van der Waals surface area contributed by atoms with Crippen molar-refractivity contribution < 1.29 is 4.39 Å². The van der Waals surface area contributed by atoms with Crippen LogP contribution in [0.25, 0.3) is 0 Å². The van der Waals surface area contributed by atoms with Crippen LogP contribution in [0.3, 0.4) is 0 Å². The van der Waals surface area contributed by atoms with Crippen molar-refractivity contribution in [1.29, 1.82) is 5.26 Å². The van der Waals surface area contributed by atoms with Crippen molar-refractivity contribution >= 4 is 5.69 Å². The van der Waals surface area contributed by atoms with Crippen LogP contribution in [0, 0.1) is 17.1 Å². The number of rotatable bonds is 4. The number of benzene rings is 1. The van der Waals surface area contributed by atoms with E-state index in [4.69, 9.17) is 0 Å². The Morgan fingerprint density at radius 3 is 3.05 bits per heavy atom. The number of halogens is 1. The zero-order chi connectivity index (χ0) is 13.7. The Morgan fingerprint density at radius 2 is 2.32 bits per heavy atom. The van der Waals surface area contributed by atoms with E-state index in [1.54, 1.807) is 6.07 Å². The Morgan fingerprint density at radius 1 is 1.47 bits per heavy atom. The summed E-state index contributed by atoms with van der Waals surface area (Å²) in [7, 11) is 1.95. The number of hydrogen-bond acceptors (Lipinski definition) is 3. The first kappa shape index (κ1) is 13.8. The smallest absolute Gasteiger partial charge is 0.124 e. The lowest BCUT2D eigenvalue weighted by molar-refractivity contribution is 0.433. The average Bonchev–Trinajstić information content (AvgIpc) is 2.45. The third-order valence-electron chi connectivity index (χ3n) is 3.74. The molecule has 0 amide bonds. The lowest BCUT2D eigenvalue weighted by Crippen LogP contribution is -2.41. The molecule has 0 aliphatic carbocycles. The zero-order valence-electron chi connectivity index (χ0n) is 11.3. The van der Waals surface area contributed by atoms with Crippen LogP contribution in [0.4, 0.5) is 10.1 Å². The predicted molar refractivity (Wildman–Crippen MR) is 74.6 cm³/mol. The molecule has 19 heavy (non-hydrogen) atoms. The van der Waals surface area contributed by atoms with Gasteiger partial charge in [-0.2, -0.15) is 5.26 Å². The van der Waals surface area contributed by atoms with Crippen molar-refractivity contribution in [3.05, 3.63) is 29.6 Å². The molecule has 1 atom stereocenters. The van der Waals surface area contributed by atoms with Crippen LogP contribution in [0.15, 0.2) is 18.2 Å². The Labute approximate surface area is 114 Å². The van der Waals surface area contributed by atoms with Gasteiger partial charge in [-0.25, -0.2) is 4.39 Å². The van der Waals surface area contributed by atoms with Gasteiger partial charge in [-0.3, -0.25) is 0 Å². The van der Waals surface area contributed by atoms with E-state index in [0.717, 1.165) is 38.0 Å². The van der Waals surface area contributed by atoms with Gasteiger partial charge in [0.15, 0.2) is 0 Å². The molecule has 1 aliphatic heterocycles. The molecule has 1 aromatic rings. The van der Waals surface area contributed by atoms with Gasteiger partial charge in [0.05, 0.1) is 11.3 Å². The molecular weight excluding hydrogens is 241 g/mol. The summed E-state index contributed by atoms with van der Waals surface area (Å²) in [5, 5.41) is 12.4. The maximum absolute atomic E-state index is 13.2. The first-order valence-electron chi connectivity index (χ1n) is 6.87. The Hall–Kier alpha value is -1.60. The number of hydrogen-bond donors (Lipinski definition) is 1. The molecule has 1 N–H and O–H groups in total. The lowest BCUT2D eigenvalue weighted by atomic mass is 9.97. The second-order valence-electron chi connectivity index (χ2n) is 5.01. The first-order chi connectivity index (χ1) is 9.26. The molecule has 102 valence electrons. The predicted octanol–water partition coefficient (Wildman–Crippen LogP) is 2.67. The van der Waals surface area contributed by atoms with Gasteiger partial charge >= 0.3 is 0 Å². The highest BCUT2D eigenvalue weighted by Gasteiger charge is 2.24. The number of nitrogens with zero attached hydrogens (tertiary/aromatic N) is 2. The van der Waals surface area contributed by atoms with Crippen LogP contribution >= 0.6 is 0 Å². The molecule has 0 aromatic heterocycles. The zero-order valence-corrected chi connectivity index (χ0v) is 11.3. The van der Waals surface area contributed by atoms with Crippen molar-refractivity contribution in [1.82, 2.24) is 5.32 Å². The number of nitriles is 1. The Bertz CT molecular complexity index is 467. The fourth-order valence-electron chi connectivity index (χ4n) is 2.78. The first-order valence-corrected chi connectivity index (χ1v) is 6.87. The number of nitrogens with one attached hydrogen (secondary N) is 1. The fourth-order valence-corrected chi connectivity index (χ4v) is 2.78. The fraction of sp³-hybridized carbons (Fsp3) is 0.533. The van der Waals surface area contributed by atoms with E-state index in [1.807, 2.05) is 7.05 Å². The summed E-state index contributed by atoms with van der Waals surface area (Å²) in [6.07, 6.45) is 4.56. The quantitative estimate of drug-likeness (QED) is 0.905. The van der Waals surface area contributed by atoms with Crippen LogP contribution < -0.4 is 10.2 Å². The van der Waals surface area contributed by atoms with Gasteiger partial charge < -0.3 is 10.2 Å². The maximum Gasteiger partial charge on any atom is 0.124 e. The van der Waals surface area contributed by atoms with Gasteiger partial charge in [-0.05, 0) is 57.5 Å². The molecule has 2 rings (SSSR count). The summed E-state index contributed by atoms with van der Waals surface area (Å²) in [5.74, 6) is -0.343. The highest BCUT2D eigenvalue weighted by atomic mass is 19.1. The standard InChI is InChI=1S/C15H20FN3/c1-18-8-7-14-4-2-3-9-19(14)15-6-5-13(16)10-12(15)11-17/h5-6,10,14,18H,2-4,7-9H2,1H3. The van der Waals surface area contributed by atoms with Crippen molar-refractivity contribution in [2.24, 2.45) is 0 Å². The van der Waals surface area contributed by atoms with Crippen molar-refractivity contribution in [2.45, 2.75) is 31.7 Å². The normalized spacial score (nSPS) is 19.2. The summed E-state index contributed by atoms with van der Waals surface area (Å²) >= 11 is 0. The molecule has 4 heteroatoms. The van der Waals surface area contributed by atoms with Gasteiger partial charge in [0.1, 0.15) is 11.9 Å². The summed E-state index contributed by atoms with van der Waals surface area (Å²) in [6.45, 7) is 1.92. The molecule has 0 saturated carbocycles. The molecule has 0 radical (unpaired) electrons. The molecule has 3 nitrogen and oxygen atoms in total. The number of anilines is 1. The van der Waals surface area contributed by atoms with E-state index < -0.39 is 0 Å². The van der Waals surface area contributed by atoms with Crippen LogP contribution in [0.1, 0.15) is 31.2 Å². The van der Waals surface area contributed by atoms with Gasteiger partial charge in [0, 0.05) is 12.6 Å². The van der Waals surface area contributed by atoms with E-state index in [2.05, 4.69) is 16.3 Å². The highest BCUT2D eigenvalue weighted by molar-refractivity contribution is 5.60. The monoisotopic (exact) mass is 261 g/mol. The Balaban J connectivity index is 2.24. The minimum atomic E-state index is -0.343. The van der Waals surface area contributed by atoms with Crippen LogP contribution in [-0.4, -0.2) is 26.2 Å². The van der Waals surface area contributed by atoms with E-state index in [-0.39, 0.29) is 5.82 Å². The van der Waals surface area contributed by atoms with Gasteiger partial charge in [-0.15, -0.1) is 0 Å². The molecule has 0 bridgehead atoms. The average molecular weight is 261 g/mol. The molecule has 1 aromatic carbocycles. The molecule has 1 fully saturated rings. The summed E-state index contributed by atoms with van der Waals surface area (Å²) < 4.78 is 13.2. The second kappa shape index (κ2) is 6.53.